The maximum atomic E-state index is 13.6. The quantitative estimate of drug-likeness (QED) is 0.682. The van der Waals surface area contributed by atoms with Crippen LogP contribution >= 0.6 is 0 Å². The molecule has 4 nitrogen and oxygen atoms in total. The van der Waals surface area contributed by atoms with E-state index in [-0.39, 0.29) is 17.5 Å². The maximum Gasteiger partial charge on any atom is 0.247 e. The lowest BCUT2D eigenvalue weighted by atomic mass is 9.85. The number of carbonyl (C=O) groups is 1. The van der Waals surface area contributed by atoms with Gasteiger partial charge >= 0.3 is 0 Å². The van der Waals surface area contributed by atoms with E-state index in [2.05, 4.69) is 17.0 Å². The predicted octanol–water partition coefficient (Wildman–Crippen LogP) is 4.38. The molecule has 27 heavy (non-hydrogen) atoms. The molecule has 0 aliphatic carbocycles. The molecular formula is C23H22N2O2. The highest BCUT2D eigenvalue weighted by Crippen LogP contribution is 2.56. The van der Waals surface area contributed by atoms with Gasteiger partial charge in [0.1, 0.15) is 16.9 Å². The third-order valence-electron chi connectivity index (χ3n) is 6.89. The first-order chi connectivity index (χ1) is 13.3. The second-order valence-corrected chi connectivity index (χ2v) is 8.11. The minimum absolute atomic E-state index is 0.215. The smallest absolute Gasteiger partial charge is 0.247 e. The molecule has 3 saturated heterocycles. The van der Waals surface area contributed by atoms with Crippen LogP contribution in [0, 0.1) is 5.92 Å². The van der Waals surface area contributed by atoms with E-state index in [9.17, 15) is 4.79 Å². The predicted molar refractivity (Wildman–Crippen MR) is 105 cm³/mol. The summed E-state index contributed by atoms with van der Waals surface area (Å²) in [6.45, 7) is 1.79. The second kappa shape index (κ2) is 5.46. The molecule has 4 heteroatoms. The first kappa shape index (κ1) is 15.5. The molecule has 0 radical (unpaired) electrons. The van der Waals surface area contributed by atoms with Crippen LogP contribution in [0.4, 0.5) is 5.69 Å². The van der Waals surface area contributed by atoms with Crippen LogP contribution in [0.2, 0.25) is 0 Å². The lowest BCUT2D eigenvalue weighted by Crippen LogP contribution is -2.49. The molecular weight excluding hydrogens is 336 g/mol. The van der Waals surface area contributed by atoms with Gasteiger partial charge in [0.15, 0.2) is 0 Å². The van der Waals surface area contributed by atoms with E-state index >= 15 is 0 Å². The van der Waals surface area contributed by atoms with E-state index in [1.807, 2.05) is 53.4 Å². The molecule has 2 aromatic carbocycles. The van der Waals surface area contributed by atoms with Gasteiger partial charge in [-0.25, -0.2) is 0 Å². The number of nitrogens with zero attached hydrogens (tertiary/aromatic N) is 2. The number of carbonyl (C=O) groups excluding carboxylic acids is 1. The number of furan rings is 1. The molecule has 1 spiro atoms. The van der Waals surface area contributed by atoms with E-state index in [1.165, 1.54) is 0 Å². The molecule has 0 bridgehead atoms. The Hall–Kier alpha value is -2.59. The van der Waals surface area contributed by atoms with Gasteiger partial charge in [0.05, 0.1) is 6.04 Å². The Labute approximate surface area is 158 Å². The molecule has 3 atom stereocenters. The number of anilines is 1. The largest absolute Gasteiger partial charge is 0.459 e. The van der Waals surface area contributed by atoms with Crippen LogP contribution in [0.25, 0.3) is 11.0 Å². The Balaban J connectivity index is 1.39. The van der Waals surface area contributed by atoms with Crippen LogP contribution in [0.3, 0.4) is 0 Å². The summed E-state index contributed by atoms with van der Waals surface area (Å²) in [6.07, 6.45) is 3.05. The van der Waals surface area contributed by atoms with Crippen molar-refractivity contribution in [2.24, 2.45) is 5.92 Å². The first-order valence-electron chi connectivity index (χ1n) is 9.89. The van der Waals surface area contributed by atoms with Crippen LogP contribution in [0.1, 0.15) is 31.1 Å². The van der Waals surface area contributed by atoms with Gasteiger partial charge in [-0.1, -0.05) is 36.4 Å². The van der Waals surface area contributed by atoms with Crippen LogP contribution < -0.4 is 4.90 Å². The van der Waals surface area contributed by atoms with Crippen molar-refractivity contribution in [2.75, 3.05) is 18.0 Å². The number of rotatable bonds is 2. The minimum atomic E-state index is -0.334. The van der Waals surface area contributed by atoms with E-state index < -0.39 is 0 Å². The van der Waals surface area contributed by atoms with Crippen LogP contribution in [0.5, 0.6) is 0 Å². The highest BCUT2D eigenvalue weighted by molar-refractivity contribution is 6.03. The van der Waals surface area contributed by atoms with Gasteiger partial charge in [-0.3, -0.25) is 9.69 Å². The molecule has 1 aromatic heterocycles. The zero-order valence-electron chi connectivity index (χ0n) is 15.2. The van der Waals surface area contributed by atoms with Crippen molar-refractivity contribution >= 4 is 22.6 Å². The summed E-state index contributed by atoms with van der Waals surface area (Å²) in [5, 5.41) is 1.15. The molecule has 6 rings (SSSR count). The molecule has 4 heterocycles. The fourth-order valence-corrected chi connectivity index (χ4v) is 5.76. The van der Waals surface area contributed by atoms with Crippen molar-refractivity contribution in [3.63, 3.8) is 0 Å². The van der Waals surface area contributed by atoms with Crippen molar-refractivity contribution in [3.05, 3.63) is 66.4 Å². The normalized spacial score (nSPS) is 30.2. The van der Waals surface area contributed by atoms with Gasteiger partial charge in [0, 0.05) is 30.1 Å². The first-order valence-corrected chi connectivity index (χ1v) is 9.89. The fourth-order valence-electron chi connectivity index (χ4n) is 5.76. The second-order valence-electron chi connectivity index (χ2n) is 8.11. The van der Waals surface area contributed by atoms with Crippen molar-refractivity contribution in [3.8, 4) is 0 Å². The lowest BCUT2D eigenvalue weighted by molar-refractivity contribution is -0.126. The van der Waals surface area contributed by atoms with Crippen LogP contribution in [-0.4, -0.2) is 29.4 Å². The highest BCUT2D eigenvalue weighted by Gasteiger charge is 2.65. The lowest BCUT2D eigenvalue weighted by Gasteiger charge is -2.32. The summed E-state index contributed by atoms with van der Waals surface area (Å²) in [5.74, 6) is 1.67. The number of hydrogen-bond acceptors (Lipinski definition) is 3. The van der Waals surface area contributed by atoms with Crippen molar-refractivity contribution in [2.45, 2.75) is 30.8 Å². The molecule has 0 N–H and O–H groups in total. The third kappa shape index (κ3) is 1.99. The zero-order valence-corrected chi connectivity index (χ0v) is 15.2. The van der Waals surface area contributed by atoms with Crippen molar-refractivity contribution in [1.29, 1.82) is 0 Å². The van der Waals surface area contributed by atoms with Crippen molar-refractivity contribution in [1.82, 2.24) is 4.90 Å². The maximum absolute atomic E-state index is 13.6. The van der Waals surface area contributed by atoms with E-state index in [0.717, 1.165) is 54.8 Å². The Morgan fingerprint density at radius 1 is 1.04 bits per heavy atom. The molecule has 3 aliphatic heterocycles. The monoisotopic (exact) mass is 358 g/mol. The molecule has 3 aromatic rings. The molecule has 3 aliphatic rings. The minimum Gasteiger partial charge on any atom is -0.459 e. The molecule has 3 fully saturated rings. The van der Waals surface area contributed by atoms with Gasteiger partial charge < -0.3 is 9.32 Å². The zero-order chi connectivity index (χ0) is 18.0. The molecule has 1 amide bonds. The Morgan fingerprint density at radius 2 is 1.85 bits per heavy atom. The summed E-state index contributed by atoms with van der Waals surface area (Å²) in [6, 6.07) is 20.7. The fraction of sp³-hybridized carbons (Fsp3) is 0.348. The summed E-state index contributed by atoms with van der Waals surface area (Å²) in [4.78, 5) is 18.1. The topological polar surface area (TPSA) is 36.7 Å². The number of amides is 1. The molecule has 0 saturated carbocycles. The van der Waals surface area contributed by atoms with Crippen LogP contribution in [-0.2, 0) is 4.79 Å². The summed E-state index contributed by atoms with van der Waals surface area (Å²) >= 11 is 0. The van der Waals surface area contributed by atoms with E-state index in [4.69, 9.17) is 4.42 Å². The number of fused-ring (bicyclic) bond motifs is 1. The standard InChI is InChI=1S/C23H22N2O2/c26-22-23-11-6-12-25(23)19(21-13-16-7-4-5-10-20(16)27-21)14-17(23)15-24(22)18-8-2-1-3-9-18/h1-5,7-10,13,17,19H,6,11-12,14-15H2/t17-,19-,23-/m0/s1. The highest BCUT2D eigenvalue weighted by atomic mass is 16.3. The van der Waals surface area contributed by atoms with Gasteiger partial charge in [-0.15, -0.1) is 0 Å². The average Bonchev–Trinajstić information content (AvgIpc) is 3.43. The van der Waals surface area contributed by atoms with E-state index in [0.29, 0.717) is 5.92 Å². The molecule has 0 unspecified atom stereocenters. The van der Waals surface area contributed by atoms with Gasteiger partial charge in [0.25, 0.3) is 0 Å². The Kier molecular flexibility index (Phi) is 3.13. The summed E-state index contributed by atoms with van der Waals surface area (Å²) in [7, 11) is 0. The molecule has 136 valence electrons. The number of hydrogen-bond donors (Lipinski definition) is 0. The van der Waals surface area contributed by atoms with Crippen LogP contribution in [0.15, 0.2) is 65.1 Å². The summed E-state index contributed by atoms with van der Waals surface area (Å²) in [5.41, 5.74) is 1.63. The summed E-state index contributed by atoms with van der Waals surface area (Å²) < 4.78 is 6.20. The third-order valence-corrected chi connectivity index (χ3v) is 6.89. The Bertz CT molecular complexity index is 994. The number of benzene rings is 2. The number of para-hydroxylation sites is 2. The van der Waals surface area contributed by atoms with Gasteiger partial charge in [-0.2, -0.15) is 0 Å². The average molecular weight is 358 g/mol. The Morgan fingerprint density at radius 3 is 2.70 bits per heavy atom. The van der Waals surface area contributed by atoms with Crippen molar-refractivity contribution < 1.29 is 9.21 Å². The van der Waals surface area contributed by atoms with Gasteiger partial charge in [0.2, 0.25) is 5.91 Å². The SMILES string of the molecule is O=C1N(c2ccccc2)C[C@@H]2C[C@@H](c3cc4ccccc4o3)N3CCC[C@@]123. The van der Waals surface area contributed by atoms with E-state index in [1.54, 1.807) is 0 Å². The van der Waals surface area contributed by atoms with Gasteiger partial charge in [-0.05, 0) is 43.5 Å².